The summed E-state index contributed by atoms with van der Waals surface area (Å²) in [5.41, 5.74) is 0.392. The fraction of sp³-hybridized carbons (Fsp3) is 0.417. The molecule has 1 aliphatic rings. The summed E-state index contributed by atoms with van der Waals surface area (Å²) in [6.07, 6.45) is -4.74. The number of carbonyl (C=O) groups excluding carboxylic acids is 1. The van der Waals surface area contributed by atoms with Crippen LogP contribution in [0.3, 0.4) is 0 Å². The Kier molecular flexibility index (Phi) is 4.01. The Hall–Kier alpha value is -1.99. The molecule has 0 radical (unpaired) electrons. The van der Waals surface area contributed by atoms with Crippen LogP contribution >= 0.6 is 0 Å². The Morgan fingerprint density at radius 2 is 1.70 bits per heavy atom. The third kappa shape index (κ3) is 3.52. The van der Waals surface area contributed by atoms with Gasteiger partial charge in [-0.1, -0.05) is 12.1 Å². The molecule has 20 heavy (non-hydrogen) atoms. The number of halogens is 4. The molecule has 1 aromatic rings. The Balaban J connectivity index is 1.93. The average Bonchev–Trinajstić information content (AvgIpc) is 2.37. The number of hydrogen-bond acceptors (Lipinski definition) is 2. The van der Waals surface area contributed by atoms with Gasteiger partial charge >= 0.3 is 12.3 Å². The summed E-state index contributed by atoms with van der Waals surface area (Å²) in [6, 6.07) is 4.98. The van der Waals surface area contributed by atoms with Crippen molar-refractivity contribution in [2.75, 3.05) is 31.1 Å². The zero-order valence-electron chi connectivity index (χ0n) is 10.5. The number of nitrogens with one attached hydrogen (secondary N) is 1. The molecule has 1 aromatic carbocycles. The molecular weight excluding hydrogens is 278 g/mol. The van der Waals surface area contributed by atoms with Gasteiger partial charge in [0.05, 0.1) is 5.69 Å². The highest BCUT2D eigenvalue weighted by molar-refractivity contribution is 5.74. The highest BCUT2D eigenvalue weighted by Gasteiger charge is 2.33. The number of nitrogens with zero attached hydrogens (tertiary/aromatic N) is 2. The fourth-order valence-electron chi connectivity index (χ4n) is 2.06. The van der Waals surface area contributed by atoms with Crippen molar-refractivity contribution in [2.45, 2.75) is 6.30 Å². The zero-order chi connectivity index (χ0) is 14.8. The first-order chi connectivity index (χ1) is 9.37. The topological polar surface area (TPSA) is 35.6 Å². The quantitative estimate of drug-likeness (QED) is 0.636. The maximum Gasteiger partial charge on any atom is 0.485 e. The van der Waals surface area contributed by atoms with Gasteiger partial charge in [-0.05, 0) is 12.1 Å². The lowest BCUT2D eigenvalue weighted by atomic mass is 10.2. The van der Waals surface area contributed by atoms with Crippen LogP contribution in [0, 0.1) is 5.82 Å². The van der Waals surface area contributed by atoms with E-state index in [0.29, 0.717) is 5.69 Å². The Labute approximate surface area is 113 Å². The molecule has 4 nitrogen and oxygen atoms in total. The van der Waals surface area contributed by atoms with E-state index in [2.05, 4.69) is 0 Å². The first-order valence-electron chi connectivity index (χ1n) is 6.00. The molecule has 1 aliphatic heterocycles. The smallest absolute Gasteiger partial charge is 0.366 e. The molecule has 8 heteroatoms. The van der Waals surface area contributed by atoms with Gasteiger partial charge in [0, 0.05) is 26.2 Å². The van der Waals surface area contributed by atoms with Crippen molar-refractivity contribution in [2.24, 2.45) is 0 Å². The van der Waals surface area contributed by atoms with E-state index in [1.807, 2.05) is 0 Å². The minimum Gasteiger partial charge on any atom is -0.366 e. The lowest BCUT2D eigenvalue weighted by Crippen LogP contribution is -2.54. The summed E-state index contributed by atoms with van der Waals surface area (Å²) < 4.78 is 49.7. The number of piperazine rings is 1. The molecule has 2 amide bonds. The SMILES string of the molecule is O=C(NC(F)(F)F)N1CCN(c2ccccc2F)CC1. The molecule has 0 unspecified atom stereocenters. The van der Waals surface area contributed by atoms with Gasteiger partial charge in [0.25, 0.3) is 0 Å². The number of urea groups is 1. The van der Waals surface area contributed by atoms with E-state index in [1.165, 1.54) is 6.07 Å². The van der Waals surface area contributed by atoms with Gasteiger partial charge in [0.1, 0.15) is 5.82 Å². The molecule has 0 spiro atoms. The number of alkyl halides is 3. The van der Waals surface area contributed by atoms with Crippen molar-refractivity contribution in [1.29, 1.82) is 0 Å². The Morgan fingerprint density at radius 1 is 1.10 bits per heavy atom. The minimum absolute atomic E-state index is 0.107. The van der Waals surface area contributed by atoms with Crippen molar-refractivity contribution in [3.05, 3.63) is 30.1 Å². The van der Waals surface area contributed by atoms with Crippen LogP contribution < -0.4 is 10.2 Å². The zero-order valence-corrected chi connectivity index (χ0v) is 10.5. The second-order valence-corrected chi connectivity index (χ2v) is 4.35. The monoisotopic (exact) mass is 291 g/mol. The largest absolute Gasteiger partial charge is 0.485 e. The van der Waals surface area contributed by atoms with Gasteiger partial charge in [-0.25, -0.2) is 14.5 Å². The number of carbonyl (C=O) groups is 1. The van der Waals surface area contributed by atoms with E-state index < -0.39 is 12.3 Å². The van der Waals surface area contributed by atoms with E-state index in [1.54, 1.807) is 23.1 Å². The third-order valence-corrected chi connectivity index (χ3v) is 3.01. The van der Waals surface area contributed by atoms with Crippen molar-refractivity contribution < 1.29 is 22.4 Å². The summed E-state index contributed by atoms with van der Waals surface area (Å²) in [5, 5.41) is 0.949. The Morgan fingerprint density at radius 3 is 2.25 bits per heavy atom. The predicted molar refractivity (Wildman–Crippen MR) is 64.8 cm³/mol. The highest BCUT2D eigenvalue weighted by Crippen LogP contribution is 2.20. The minimum atomic E-state index is -4.74. The second-order valence-electron chi connectivity index (χ2n) is 4.35. The number of para-hydroxylation sites is 1. The van der Waals surface area contributed by atoms with Crippen LogP contribution in [0.2, 0.25) is 0 Å². The number of rotatable bonds is 1. The van der Waals surface area contributed by atoms with Crippen LogP contribution in [0.4, 0.5) is 28.0 Å². The maximum atomic E-state index is 13.6. The molecule has 2 rings (SSSR count). The van der Waals surface area contributed by atoms with E-state index >= 15 is 0 Å². The molecule has 0 aromatic heterocycles. The van der Waals surface area contributed by atoms with Crippen molar-refractivity contribution in [3.8, 4) is 0 Å². The van der Waals surface area contributed by atoms with Gasteiger partial charge in [0.2, 0.25) is 0 Å². The lowest BCUT2D eigenvalue weighted by Gasteiger charge is -2.36. The summed E-state index contributed by atoms with van der Waals surface area (Å²) in [6.45, 7) is 0.783. The number of amides is 2. The predicted octanol–water partition coefficient (Wildman–Crippen LogP) is 2.18. The molecule has 1 saturated heterocycles. The second kappa shape index (κ2) is 5.56. The average molecular weight is 291 g/mol. The van der Waals surface area contributed by atoms with Crippen LogP contribution in [-0.2, 0) is 0 Å². The fourth-order valence-corrected chi connectivity index (χ4v) is 2.06. The molecular formula is C12H13F4N3O. The highest BCUT2D eigenvalue weighted by atomic mass is 19.4. The molecule has 0 aliphatic carbocycles. The van der Waals surface area contributed by atoms with Gasteiger partial charge in [0.15, 0.2) is 0 Å². The van der Waals surface area contributed by atoms with Crippen LogP contribution in [-0.4, -0.2) is 43.4 Å². The number of anilines is 1. The molecule has 1 heterocycles. The van der Waals surface area contributed by atoms with E-state index in [9.17, 15) is 22.4 Å². The van der Waals surface area contributed by atoms with Crippen LogP contribution in [0.5, 0.6) is 0 Å². The van der Waals surface area contributed by atoms with Crippen molar-refractivity contribution in [1.82, 2.24) is 10.2 Å². The standard InChI is InChI=1S/C12H13F4N3O/c13-9-3-1-2-4-10(9)18-5-7-19(8-6-18)11(20)17-12(14,15)16/h1-4H,5-8H2,(H,17,20). The lowest BCUT2D eigenvalue weighted by molar-refractivity contribution is -0.147. The van der Waals surface area contributed by atoms with Gasteiger partial charge in [-0.3, -0.25) is 0 Å². The molecule has 0 saturated carbocycles. The van der Waals surface area contributed by atoms with Crippen molar-refractivity contribution in [3.63, 3.8) is 0 Å². The molecule has 0 bridgehead atoms. The normalized spacial score (nSPS) is 16.2. The van der Waals surface area contributed by atoms with E-state index in [0.717, 1.165) is 10.2 Å². The van der Waals surface area contributed by atoms with E-state index in [-0.39, 0.29) is 32.0 Å². The Bertz CT molecular complexity index is 484. The molecule has 110 valence electrons. The number of hydrogen-bond donors (Lipinski definition) is 1. The van der Waals surface area contributed by atoms with Gasteiger partial charge in [-0.2, -0.15) is 13.2 Å². The number of benzene rings is 1. The summed E-state index contributed by atoms with van der Waals surface area (Å²) in [7, 11) is 0. The molecule has 1 fully saturated rings. The molecule has 0 atom stereocenters. The van der Waals surface area contributed by atoms with Crippen LogP contribution in [0.1, 0.15) is 0 Å². The van der Waals surface area contributed by atoms with E-state index in [4.69, 9.17) is 0 Å². The summed E-state index contributed by atoms with van der Waals surface area (Å²) in [4.78, 5) is 14.1. The van der Waals surface area contributed by atoms with Gasteiger partial charge < -0.3 is 9.80 Å². The van der Waals surface area contributed by atoms with Crippen LogP contribution in [0.25, 0.3) is 0 Å². The molecule has 1 N–H and O–H groups in total. The summed E-state index contributed by atoms with van der Waals surface area (Å²) >= 11 is 0. The maximum absolute atomic E-state index is 13.6. The third-order valence-electron chi connectivity index (χ3n) is 3.01. The first kappa shape index (κ1) is 14.4. The van der Waals surface area contributed by atoms with Crippen molar-refractivity contribution >= 4 is 11.7 Å². The first-order valence-corrected chi connectivity index (χ1v) is 6.00. The van der Waals surface area contributed by atoms with Gasteiger partial charge in [-0.15, -0.1) is 0 Å². The van der Waals surface area contributed by atoms with Crippen LogP contribution in [0.15, 0.2) is 24.3 Å². The summed E-state index contributed by atoms with van der Waals surface area (Å²) in [5.74, 6) is -0.388.